The van der Waals surface area contributed by atoms with Crippen molar-refractivity contribution in [2.45, 2.75) is 18.2 Å². The Kier molecular flexibility index (Phi) is 4.29. The van der Waals surface area contributed by atoms with E-state index in [1.54, 1.807) is 21.1 Å². The van der Waals surface area contributed by atoms with Gasteiger partial charge < -0.3 is 14.6 Å². The van der Waals surface area contributed by atoms with Crippen molar-refractivity contribution in [1.29, 1.82) is 0 Å². The third-order valence-electron chi connectivity index (χ3n) is 4.20. The summed E-state index contributed by atoms with van der Waals surface area (Å²) in [5.74, 6) is -1.31. The zero-order chi connectivity index (χ0) is 17.6. The molecule has 2 heterocycles. The van der Waals surface area contributed by atoms with Crippen molar-refractivity contribution < 1.29 is 23.1 Å². The summed E-state index contributed by atoms with van der Waals surface area (Å²) in [6.45, 7) is 1.62. The fourth-order valence-corrected chi connectivity index (χ4v) is 4.20. The lowest BCUT2D eigenvalue weighted by atomic mass is 9.90. The van der Waals surface area contributed by atoms with E-state index in [4.69, 9.17) is 0 Å². The van der Waals surface area contributed by atoms with Crippen LogP contribution in [-0.4, -0.2) is 66.4 Å². The maximum Gasteiger partial charge on any atom is 0.310 e. The normalized spacial score (nSPS) is 22.3. The molecule has 1 aliphatic rings. The van der Waals surface area contributed by atoms with Crippen LogP contribution in [0, 0.1) is 5.41 Å². The summed E-state index contributed by atoms with van der Waals surface area (Å²) in [7, 11) is 0.944. The second-order valence-corrected chi connectivity index (χ2v) is 8.26. The predicted molar refractivity (Wildman–Crippen MR) is 82.5 cm³/mol. The molecule has 1 aromatic rings. The maximum absolute atomic E-state index is 12.7. The molecule has 0 bridgehead atoms. The topological polar surface area (TPSA) is 99.9 Å². The molecule has 1 atom stereocenters. The molecule has 1 aliphatic heterocycles. The number of amides is 1. The largest absolute Gasteiger partial charge is 0.481 e. The standard InChI is InChI=1S/C14H21N3O5S/c1-14(13(19)20)5-6-17(9-14)23(21,22)10-7-11(16(4)8-10)12(18)15(2)3/h7-8H,5-6,9H2,1-4H3,(H,19,20). The highest BCUT2D eigenvalue weighted by Crippen LogP contribution is 2.34. The molecule has 0 spiro atoms. The number of hydrogen-bond donors (Lipinski definition) is 1. The molecule has 1 N–H and O–H groups in total. The molecule has 128 valence electrons. The molecule has 0 aromatic carbocycles. The zero-order valence-corrected chi connectivity index (χ0v) is 14.4. The first-order valence-corrected chi connectivity index (χ1v) is 8.54. The summed E-state index contributed by atoms with van der Waals surface area (Å²) in [6, 6.07) is 1.33. The van der Waals surface area contributed by atoms with E-state index in [0.717, 1.165) is 0 Å². The van der Waals surface area contributed by atoms with Crippen molar-refractivity contribution in [3.63, 3.8) is 0 Å². The van der Waals surface area contributed by atoms with Gasteiger partial charge in [0.2, 0.25) is 10.0 Å². The summed E-state index contributed by atoms with van der Waals surface area (Å²) in [5.41, 5.74) is -0.821. The number of carboxylic acids is 1. The Hall–Kier alpha value is -1.87. The molecule has 1 aromatic heterocycles. The Morgan fingerprint density at radius 3 is 2.43 bits per heavy atom. The van der Waals surface area contributed by atoms with Crippen LogP contribution in [-0.2, 0) is 21.9 Å². The number of carbonyl (C=O) groups excluding carboxylic acids is 1. The lowest BCUT2D eigenvalue weighted by molar-refractivity contribution is -0.146. The van der Waals surface area contributed by atoms with Gasteiger partial charge in [-0.15, -0.1) is 0 Å². The van der Waals surface area contributed by atoms with Crippen LogP contribution in [0.15, 0.2) is 17.2 Å². The molecule has 8 nitrogen and oxygen atoms in total. The van der Waals surface area contributed by atoms with Gasteiger partial charge in [0.05, 0.1) is 5.41 Å². The number of aryl methyl sites for hydroxylation is 1. The van der Waals surface area contributed by atoms with Crippen LogP contribution in [0.5, 0.6) is 0 Å². The third kappa shape index (κ3) is 2.98. The average Bonchev–Trinajstić information content (AvgIpc) is 3.03. The van der Waals surface area contributed by atoms with Crippen LogP contribution in [0.2, 0.25) is 0 Å². The smallest absolute Gasteiger partial charge is 0.310 e. The van der Waals surface area contributed by atoms with Crippen LogP contribution >= 0.6 is 0 Å². The lowest BCUT2D eigenvalue weighted by Gasteiger charge is -2.19. The fraction of sp³-hybridized carbons (Fsp3) is 0.571. The van der Waals surface area contributed by atoms with Crippen LogP contribution in [0.25, 0.3) is 0 Å². The van der Waals surface area contributed by atoms with Gasteiger partial charge in [0.1, 0.15) is 10.6 Å². The van der Waals surface area contributed by atoms with E-state index in [9.17, 15) is 23.1 Å². The fourth-order valence-electron chi connectivity index (χ4n) is 2.56. The van der Waals surface area contributed by atoms with Gasteiger partial charge >= 0.3 is 5.97 Å². The van der Waals surface area contributed by atoms with Gasteiger partial charge in [-0.25, -0.2) is 8.42 Å². The van der Waals surface area contributed by atoms with Crippen LogP contribution < -0.4 is 0 Å². The van der Waals surface area contributed by atoms with E-state index in [-0.39, 0.29) is 36.0 Å². The Labute approximate surface area is 135 Å². The van der Waals surface area contributed by atoms with Crippen LogP contribution in [0.3, 0.4) is 0 Å². The highest BCUT2D eigenvalue weighted by atomic mass is 32.2. The lowest BCUT2D eigenvalue weighted by Crippen LogP contribution is -2.34. The molecule has 0 radical (unpaired) electrons. The number of carbonyl (C=O) groups is 2. The molecule has 0 saturated carbocycles. The second kappa shape index (κ2) is 5.64. The molecule has 2 rings (SSSR count). The SMILES string of the molecule is CN(C)C(=O)c1cc(S(=O)(=O)N2CCC(C)(C(=O)O)C2)cn1C. The number of rotatable bonds is 4. The predicted octanol–water partition coefficient (Wildman–Crippen LogP) is 0.212. The van der Waals surface area contributed by atoms with E-state index < -0.39 is 21.4 Å². The molecule has 1 saturated heterocycles. The number of nitrogens with zero attached hydrogens (tertiary/aromatic N) is 3. The third-order valence-corrected chi connectivity index (χ3v) is 6.01. The van der Waals surface area contributed by atoms with E-state index in [0.29, 0.717) is 0 Å². The number of aromatic nitrogens is 1. The number of aliphatic carboxylic acids is 1. The summed E-state index contributed by atoms with van der Waals surface area (Å²) in [4.78, 5) is 24.7. The van der Waals surface area contributed by atoms with E-state index >= 15 is 0 Å². The minimum absolute atomic E-state index is 0.000149. The maximum atomic E-state index is 12.7. The molecule has 9 heteroatoms. The molecular weight excluding hydrogens is 322 g/mol. The second-order valence-electron chi connectivity index (χ2n) is 6.33. The van der Waals surface area contributed by atoms with E-state index in [1.807, 2.05) is 0 Å². The van der Waals surface area contributed by atoms with Crippen molar-refractivity contribution in [3.8, 4) is 0 Å². The van der Waals surface area contributed by atoms with Gasteiger partial charge in [-0.3, -0.25) is 9.59 Å². The summed E-state index contributed by atoms with van der Waals surface area (Å²) < 4.78 is 28.0. The minimum atomic E-state index is -3.83. The molecule has 1 unspecified atom stereocenters. The molecule has 1 amide bonds. The Morgan fingerprint density at radius 1 is 1.35 bits per heavy atom. The van der Waals surface area contributed by atoms with Crippen molar-refractivity contribution in [2.75, 3.05) is 27.2 Å². The highest BCUT2D eigenvalue weighted by molar-refractivity contribution is 7.89. The van der Waals surface area contributed by atoms with Gasteiger partial charge in [0.25, 0.3) is 5.91 Å². The number of hydrogen-bond acceptors (Lipinski definition) is 4. The molecule has 23 heavy (non-hydrogen) atoms. The van der Waals surface area contributed by atoms with Gasteiger partial charge in [0.15, 0.2) is 0 Å². The Bertz CT molecular complexity index is 752. The van der Waals surface area contributed by atoms with Gasteiger partial charge in [-0.05, 0) is 19.4 Å². The summed E-state index contributed by atoms with van der Waals surface area (Å²) in [5, 5.41) is 9.23. The first kappa shape index (κ1) is 17.5. The number of carboxylic acid groups (broad SMARTS) is 1. The monoisotopic (exact) mass is 343 g/mol. The van der Waals surface area contributed by atoms with Gasteiger partial charge in [-0.1, -0.05) is 0 Å². The van der Waals surface area contributed by atoms with E-state index in [2.05, 4.69) is 0 Å². The molecule has 1 fully saturated rings. The quantitative estimate of drug-likeness (QED) is 0.842. The molecular formula is C14H21N3O5S. The Morgan fingerprint density at radius 2 is 1.96 bits per heavy atom. The van der Waals surface area contributed by atoms with Crippen molar-refractivity contribution >= 4 is 21.9 Å². The first-order valence-electron chi connectivity index (χ1n) is 7.10. The first-order chi connectivity index (χ1) is 10.5. The van der Waals surface area contributed by atoms with E-state index in [1.165, 1.54) is 33.0 Å². The van der Waals surface area contributed by atoms with Crippen LogP contribution in [0.4, 0.5) is 0 Å². The Balaban J connectivity index is 2.34. The average molecular weight is 343 g/mol. The summed E-state index contributed by atoms with van der Waals surface area (Å²) >= 11 is 0. The highest BCUT2D eigenvalue weighted by Gasteiger charge is 2.45. The van der Waals surface area contributed by atoms with Crippen molar-refractivity contribution in [2.24, 2.45) is 12.5 Å². The molecule has 0 aliphatic carbocycles. The van der Waals surface area contributed by atoms with Crippen molar-refractivity contribution in [3.05, 3.63) is 18.0 Å². The van der Waals surface area contributed by atoms with Crippen LogP contribution in [0.1, 0.15) is 23.8 Å². The minimum Gasteiger partial charge on any atom is -0.481 e. The zero-order valence-electron chi connectivity index (χ0n) is 13.6. The number of sulfonamides is 1. The van der Waals surface area contributed by atoms with Gasteiger partial charge in [-0.2, -0.15) is 4.31 Å². The summed E-state index contributed by atoms with van der Waals surface area (Å²) in [6.07, 6.45) is 1.64. The van der Waals surface area contributed by atoms with Gasteiger partial charge in [0, 0.05) is 40.4 Å². The van der Waals surface area contributed by atoms with Crippen molar-refractivity contribution in [1.82, 2.24) is 13.8 Å².